The van der Waals surface area contributed by atoms with Crippen molar-refractivity contribution in [3.63, 3.8) is 0 Å². The van der Waals surface area contributed by atoms with Crippen LogP contribution in [0.15, 0.2) is 30.3 Å². The van der Waals surface area contributed by atoms with E-state index in [1.54, 1.807) is 0 Å². The van der Waals surface area contributed by atoms with E-state index in [-0.39, 0.29) is 0 Å². The molecule has 0 aliphatic carbocycles. The molecule has 0 unspecified atom stereocenters. The van der Waals surface area contributed by atoms with Crippen molar-refractivity contribution in [2.75, 3.05) is 0 Å². The predicted octanol–water partition coefficient (Wildman–Crippen LogP) is 8.30. The second-order valence-corrected chi connectivity index (χ2v) is 7.36. The summed E-state index contributed by atoms with van der Waals surface area (Å²) in [7, 11) is 0. The first kappa shape index (κ1) is 21.3. The van der Waals surface area contributed by atoms with Crippen molar-refractivity contribution in [3.05, 3.63) is 42.3 Å². The molecule has 0 N–H and O–H groups in total. The van der Waals surface area contributed by atoms with Crippen LogP contribution >= 0.6 is 0 Å². The van der Waals surface area contributed by atoms with Gasteiger partial charge in [-0.3, -0.25) is 0 Å². The highest BCUT2D eigenvalue weighted by molar-refractivity contribution is 5.16. The van der Waals surface area contributed by atoms with E-state index in [2.05, 4.69) is 43.7 Å². The molecule has 0 heteroatoms. The SMILES string of the molecule is CCCCCCCCCCCCCCCC[CH]Cc1ccccc1. The standard InChI is InChI=1S/C24H41/c1-2-3-4-5-6-7-8-9-10-11-12-13-14-15-16-18-21-24-22-19-17-20-23-24/h17-20,22-23H,2-16,21H2,1H3. The zero-order chi connectivity index (χ0) is 17.1. The van der Waals surface area contributed by atoms with Crippen molar-refractivity contribution >= 4 is 0 Å². The Morgan fingerprint density at radius 3 is 1.54 bits per heavy atom. The van der Waals surface area contributed by atoms with E-state index in [4.69, 9.17) is 0 Å². The lowest BCUT2D eigenvalue weighted by atomic mass is 10.0. The third kappa shape index (κ3) is 13.6. The molecule has 0 atom stereocenters. The molecule has 1 aromatic rings. The predicted molar refractivity (Wildman–Crippen MR) is 109 cm³/mol. The van der Waals surface area contributed by atoms with E-state index in [1.165, 1.54) is 102 Å². The third-order valence-corrected chi connectivity index (χ3v) is 4.98. The molecule has 0 amide bonds. The van der Waals surface area contributed by atoms with E-state index in [0.717, 1.165) is 6.42 Å². The molecule has 0 aromatic heterocycles. The maximum Gasteiger partial charge on any atom is -0.0248 e. The van der Waals surface area contributed by atoms with Gasteiger partial charge < -0.3 is 0 Å². The molecule has 24 heavy (non-hydrogen) atoms. The number of benzene rings is 1. The molecular formula is C24H41. The van der Waals surface area contributed by atoms with Crippen LogP contribution in [0.3, 0.4) is 0 Å². The van der Waals surface area contributed by atoms with Crippen LogP contribution in [0.2, 0.25) is 0 Å². The van der Waals surface area contributed by atoms with Crippen molar-refractivity contribution in [2.24, 2.45) is 0 Å². The molecule has 1 rings (SSSR count). The lowest BCUT2D eigenvalue weighted by molar-refractivity contribution is 0.535. The van der Waals surface area contributed by atoms with Crippen molar-refractivity contribution < 1.29 is 0 Å². The first-order valence-electron chi connectivity index (χ1n) is 10.8. The first-order valence-corrected chi connectivity index (χ1v) is 10.8. The topological polar surface area (TPSA) is 0 Å². The number of hydrogen-bond acceptors (Lipinski definition) is 0. The Balaban J connectivity index is 1.70. The first-order chi connectivity index (χ1) is 11.9. The molecule has 137 valence electrons. The molecule has 0 heterocycles. The van der Waals surface area contributed by atoms with Crippen LogP contribution in [0.1, 0.15) is 109 Å². The van der Waals surface area contributed by atoms with Crippen LogP contribution in [0.5, 0.6) is 0 Å². The molecule has 0 saturated carbocycles. The lowest BCUT2D eigenvalue weighted by Gasteiger charge is -2.04. The van der Waals surface area contributed by atoms with Gasteiger partial charge in [0.1, 0.15) is 0 Å². The average molecular weight is 330 g/mol. The fourth-order valence-electron chi connectivity index (χ4n) is 3.37. The average Bonchev–Trinajstić information content (AvgIpc) is 2.62. The van der Waals surface area contributed by atoms with Crippen LogP contribution < -0.4 is 0 Å². The third-order valence-electron chi connectivity index (χ3n) is 4.98. The summed E-state index contributed by atoms with van der Waals surface area (Å²) in [6.45, 7) is 2.29. The maximum atomic E-state index is 2.45. The maximum absolute atomic E-state index is 2.45. The second-order valence-electron chi connectivity index (χ2n) is 7.36. The zero-order valence-corrected chi connectivity index (χ0v) is 16.3. The van der Waals surface area contributed by atoms with Crippen molar-refractivity contribution in [1.29, 1.82) is 0 Å². The summed E-state index contributed by atoms with van der Waals surface area (Å²) in [5.74, 6) is 0. The van der Waals surface area contributed by atoms with E-state index in [0.29, 0.717) is 0 Å². The van der Waals surface area contributed by atoms with Crippen LogP contribution in [0, 0.1) is 6.42 Å². The van der Waals surface area contributed by atoms with Crippen LogP contribution in [0.4, 0.5) is 0 Å². The summed E-state index contributed by atoms with van der Waals surface area (Å²) in [4.78, 5) is 0. The van der Waals surface area contributed by atoms with Gasteiger partial charge in [0.05, 0.1) is 0 Å². The molecule has 0 nitrogen and oxygen atoms in total. The van der Waals surface area contributed by atoms with Crippen LogP contribution in [-0.2, 0) is 6.42 Å². The van der Waals surface area contributed by atoms with Gasteiger partial charge in [-0.05, 0) is 24.8 Å². The number of hydrogen-bond donors (Lipinski definition) is 0. The Bertz CT molecular complexity index is 340. The quantitative estimate of drug-likeness (QED) is 0.252. The Hall–Kier alpha value is -0.780. The largest absolute Gasteiger partial charge is 0.0654 e. The second kappa shape index (κ2) is 17.1. The van der Waals surface area contributed by atoms with E-state index in [9.17, 15) is 0 Å². The van der Waals surface area contributed by atoms with Crippen molar-refractivity contribution in [2.45, 2.75) is 110 Å². The summed E-state index contributed by atoms with van der Waals surface area (Å²) >= 11 is 0. The fourth-order valence-corrected chi connectivity index (χ4v) is 3.37. The Kier molecular flexibility index (Phi) is 15.1. The normalized spacial score (nSPS) is 11.0. The number of unbranched alkanes of at least 4 members (excludes halogenated alkanes) is 15. The minimum absolute atomic E-state index is 1.14. The lowest BCUT2D eigenvalue weighted by Crippen LogP contribution is -1.87. The van der Waals surface area contributed by atoms with Gasteiger partial charge in [0.25, 0.3) is 0 Å². The summed E-state index contributed by atoms with van der Waals surface area (Å²) < 4.78 is 0. The minimum atomic E-state index is 1.14. The number of rotatable bonds is 17. The molecule has 0 bridgehead atoms. The van der Waals surface area contributed by atoms with Gasteiger partial charge in [0, 0.05) is 0 Å². The van der Waals surface area contributed by atoms with Gasteiger partial charge in [0.2, 0.25) is 0 Å². The van der Waals surface area contributed by atoms with Gasteiger partial charge in [-0.25, -0.2) is 0 Å². The van der Waals surface area contributed by atoms with Gasteiger partial charge in [0.15, 0.2) is 0 Å². The molecule has 0 aliphatic heterocycles. The Morgan fingerprint density at radius 2 is 1.04 bits per heavy atom. The molecule has 0 fully saturated rings. The summed E-state index contributed by atoms with van der Waals surface area (Å²) in [5, 5.41) is 0. The van der Waals surface area contributed by atoms with Gasteiger partial charge >= 0.3 is 0 Å². The summed E-state index contributed by atoms with van der Waals surface area (Å²) in [6.07, 6.45) is 25.1. The highest BCUT2D eigenvalue weighted by Gasteiger charge is 1.95. The van der Waals surface area contributed by atoms with Crippen LogP contribution in [0.25, 0.3) is 0 Å². The molecule has 0 aliphatic rings. The fraction of sp³-hybridized carbons (Fsp3) is 0.708. The molecule has 0 saturated heterocycles. The van der Waals surface area contributed by atoms with Crippen LogP contribution in [-0.4, -0.2) is 0 Å². The summed E-state index contributed by atoms with van der Waals surface area (Å²) in [6, 6.07) is 10.8. The van der Waals surface area contributed by atoms with E-state index >= 15 is 0 Å². The van der Waals surface area contributed by atoms with Gasteiger partial charge in [-0.15, -0.1) is 0 Å². The Morgan fingerprint density at radius 1 is 0.583 bits per heavy atom. The zero-order valence-electron chi connectivity index (χ0n) is 16.3. The van der Waals surface area contributed by atoms with Crippen molar-refractivity contribution in [1.82, 2.24) is 0 Å². The molecular weight excluding hydrogens is 288 g/mol. The minimum Gasteiger partial charge on any atom is -0.0654 e. The smallest absolute Gasteiger partial charge is 0.0248 e. The highest BCUT2D eigenvalue weighted by atomic mass is 14.0. The van der Waals surface area contributed by atoms with Gasteiger partial charge in [-0.1, -0.05) is 127 Å². The van der Waals surface area contributed by atoms with E-state index < -0.39 is 0 Å². The molecule has 0 spiro atoms. The van der Waals surface area contributed by atoms with E-state index in [1.807, 2.05) is 0 Å². The summed E-state index contributed by atoms with van der Waals surface area (Å²) in [5.41, 5.74) is 1.45. The Labute approximate surface area is 152 Å². The van der Waals surface area contributed by atoms with Gasteiger partial charge in [-0.2, -0.15) is 0 Å². The molecule has 1 radical (unpaired) electrons. The highest BCUT2D eigenvalue weighted by Crippen LogP contribution is 2.14. The molecule has 1 aromatic carbocycles. The monoisotopic (exact) mass is 329 g/mol. The van der Waals surface area contributed by atoms with Crippen molar-refractivity contribution in [3.8, 4) is 0 Å².